The van der Waals surface area contributed by atoms with E-state index in [9.17, 15) is 24.8 Å². The quantitative estimate of drug-likeness (QED) is 0.204. The van der Waals surface area contributed by atoms with Gasteiger partial charge in [-0.15, -0.1) is 6.58 Å². The molecule has 10 nitrogen and oxygen atoms in total. The van der Waals surface area contributed by atoms with E-state index in [-0.39, 0.29) is 48.7 Å². The Labute approximate surface area is 247 Å². The minimum absolute atomic E-state index is 0.0544. The van der Waals surface area contributed by atoms with E-state index in [1.165, 1.54) is 12.1 Å². The van der Waals surface area contributed by atoms with Crippen molar-refractivity contribution in [3.05, 3.63) is 70.8 Å². The number of hydrogen-bond donors (Lipinski definition) is 1. The van der Waals surface area contributed by atoms with Crippen LogP contribution in [0.1, 0.15) is 31.7 Å². The molecule has 2 aromatic carbocycles. The molecule has 0 unspecified atom stereocenters. The molecule has 0 radical (unpaired) electrons. The first-order valence-electron chi connectivity index (χ1n) is 14.5. The number of aliphatic hydroxyl groups is 1. The number of nitro benzene ring substituents is 1. The summed E-state index contributed by atoms with van der Waals surface area (Å²) in [6.45, 7) is 10.9. The fourth-order valence-corrected chi connectivity index (χ4v) is 11.6. The van der Waals surface area contributed by atoms with Gasteiger partial charge in [0.05, 0.1) is 51.0 Å². The third-order valence-electron chi connectivity index (χ3n) is 9.63. The van der Waals surface area contributed by atoms with Crippen molar-refractivity contribution < 1.29 is 29.1 Å². The number of aliphatic hydroxyl groups excluding tert-OH is 1. The number of carbonyl (C=O) groups is 2. The number of hydrogen-bond acceptors (Lipinski definition) is 7. The molecule has 2 aromatic rings. The molecule has 0 bridgehead atoms. The van der Waals surface area contributed by atoms with Crippen LogP contribution < -0.4 is 14.8 Å². The smallest absolute Gasteiger partial charge is 0.269 e. The topological polar surface area (TPSA) is 122 Å². The highest BCUT2D eigenvalue weighted by Gasteiger charge is 2.66. The van der Waals surface area contributed by atoms with Crippen molar-refractivity contribution in [3.63, 3.8) is 0 Å². The summed E-state index contributed by atoms with van der Waals surface area (Å²) in [4.78, 5) is 42.8. The SMILES string of the molecule is C=CCN1C(=O)[C@]2(O[C@H](CC(=O)N3CCC[C@H]3CO)[C@@H]([Si](C)(C)c3ccc(OC)cc3)[C@@H]2C)c2cc([N+](=O)[O-])ccc21. The monoisotopic (exact) mass is 593 g/mol. The molecule has 1 spiro atoms. The van der Waals surface area contributed by atoms with Crippen LogP contribution in [-0.4, -0.2) is 73.8 Å². The van der Waals surface area contributed by atoms with Crippen molar-refractivity contribution in [1.82, 2.24) is 4.90 Å². The van der Waals surface area contributed by atoms with Gasteiger partial charge in [-0.25, -0.2) is 0 Å². The molecule has 3 aliphatic rings. The number of fused-ring (bicyclic) bond motifs is 2. The lowest BCUT2D eigenvalue weighted by molar-refractivity contribution is -0.385. The Bertz CT molecular complexity index is 1400. The van der Waals surface area contributed by atoms with Crippen LogP contribution in [0.25, 0.3) is 0 Å². The molecule has 5 rings (SSSR count). The summed E-state index contributed by atoms with van der Waals surface area (Å²) in [5, 5.41) is 22.8. The molecule has 0 aromatic heterocycles. The van der Waals surface area contributed by atoms with Crippen LogP contribution in [0.3, 0.4) is 0 Å². The Morgan fingerprint density at radius 2 is 2.00 bits per heavy atom. The zero-order valence-corrected chi connectivity index (χ0v) is 25.6. The first-order chi connectivity index (χ1) is 20.0. The molecule has 2 fully saturated rings. The first kappa shape index (κ1) is 29.9. The third kappa shape index (κ3) is 4.63. The molecule has 0 aliphatic carbocycles. The molecule has 224 valence electrons. The van der Waals surface area contributed by atoms with Gasteiger partial charge in [-0.1, -0.05) is 43.4 Å². The maximum Gasteiger partial charge on any atom is 0.269 e. The maximum absolute atomic E-state index is 14.4. The van der Waals surface area contributed by atoms with Gasteiger partial charge < -0.3 is 24.4 Å². The lowest BCUT2D eigenvalue weighted by Gasteiger charge is -2.37. The number of nitrogens with zero attached hydrogens (tertiary/aromatic N) is 3. The van der Waals surface area contributed by atoms with Gasteiger partial charge in [0, 0.05) is 36.7 Å². The van der Waals surface area contributed by atoms with Gasteiger partial charge in [0.25, 0.3) is 11.6 Å². The van der Waals surface area contributed by atoms with Crippen molar-refractivity contribution in [2.24, 2.45) is 5.92 Å². The van der Waals surface area contributed by atoms with Gasteiger partial charge in [0.2, 0.25) is 5.91 Å². The van der Waals surface area contributed by atoms with Crippen LogP contribution in [0.2, 0.25) is 18.6 Å². The third-order valence-corrected chi connectivity index (χ3v) is 14.0. The molecule has 2 saturated heterocycles. The zero-order valence-electron chi connectivity index (χ0n) is 24.6. The van der Waals surface area contributed by atoms with Gasteiger partial charge in [0.15, 0.2) is 5.60 Å². The number of benzene rings is 2. The average Bonchev–Trinajstić information content (AvgIpc) is 3.64. The van der Waals surface area contributed by atoms with E-state index in [0.717, 1.165) is 23.8 Å². The molecule has 42 heavy (non-hydrogen) atoms. The summed E-state index contributed by atoms with van der Waals surface area (Å²) in [5.74, 6) is -0.0644. The van der Waals surface area contributed by atoms with E-state index in [2.05, 4.69) is 19.7 Å². The Hall–Kier alpha value is -3.54. The molecular weight excluding hydrogens is 554 g/mol. The van der Waals surface area contributed by atoms with Crippen LogP contribution >= 0.6 is 0 Å². The summed E-state index contributed by atoms with van der Waals surface area (Å²) in [5.41, 5.74) is -0.776. The van der Waals surface area contributed by atoms with E-state index in [1.807, 2.05) is 31.2 Å². The van der Waals surface area contributed by atoms with Crippen LogP contribution in [0.15, 0.2) is 55.1 Å². The molecular formula is C31H39N3O7Si. The van der Waals surface area contributed by atoms with Crippen LogP contribution in [0.4, 0.5) is 11.4 Å². The number of carbonyl (C=O) groups excluding carboxylic acids is 2. The number of ether oxygens (including phenoxy) is 2. The van der Waals surface area contributed by atoms with E-state index in [0.29, 0.717) is 17.8 Å². The Morgan fingerprint density at radius 3 is 2.62 bits per heavy atom. The number of methoxy groups -OCH3 is 1. The highest BCUT2D eigenvalue weighted by Crippen LogP contribution is 2.60. The first-order valence-corrected chi connectivity index (χ1v) is 17.5. The van der Waals surface area contributed by atoms with E-state index in [1.54, 1.807) is 29.1 Å². The number of likely N-dealkylation sites (tertiary alicyclic amines) is 1. The number of rotatable bonds is 9. The summed E-state index contributed by atoms with van der Waals surface area (Å²) in [6.07, 6.45) is 2.63. The molecule has 0 saturated carbocycles. The van der Waals surface area contributed by atoms with Gasteiger partial charge in [-0.2, -0.15) is 0 Å². The van der Waals surface area contributed by atoms with Crippen molar-refractivity contribution in [2.75, 3.05) is 31.7 Å². The van der Waals surface area contributed by atoms with Gasteiger partial charge >= 0.3 is 0 Å². The molecule has 11 heteroatoms. The standard InChI is InChI=1S/C31H39N3O7Si/c1-6-15-33-26-14-9-21(34(38)39)17-25(26)31(30(33)37)20(2)29(42(4,5)24-12-10-23(40-3)11-13-24)27(41-31)18-28(36)32-16-7-8-22(32)19-35/h6,9-14,17,20,22,27,29,35H,1,7-8,15-16,18-19H2,2-5H3/t20-,22-,27+,29-,31+/m0/s1. The minimum Gasteiger partial charge on any atom is -0.497 e. The normalized spacial score (nSPS) is 27.0. The zero-order chi connectivity index (χ0) is 30.4. The predicted octanol–water partition coefficient (Wildman–Crippen LogP) is 3.73. The van der Waals surface area contributed by atoms with Gasteiger partial charge in [0.1, 0.15) is 5.75 Å². The number of amides is 2. The molecule has 5 atom stereocenters. The van der Waals surface area contributed by atoms with E-state index in [4.69, 9.17) is 9.47 Å². The lowest BCUT2D eigenvalue weighted by atomic mass is 9.82. The van der Waals surface area contributed by atoms with E-state index < -0.39 is 30.6 Å². The van der Waals surface area contributed by atoms with Gasteiger partial charge in [-0.05, 0) is 36.6 Å². The molecule has 3 aliphatic heterocycles. The van der Waals surface area contributed by atoms with Crippen molar-refractivity contribution in [2.45, 2.75) is 62.6 Å². The molecule has 2 amide bonds. The second kappa shape index (κ2) is 11.3. The maximum atomic E-state index is 14.4. The fraction of sp³-hybridized carbons (Fsp3) is 0.484. The minimum atomic E-state index is -2.49. The number of anilines is 1. The number of nitro groups is 1. The largest absolute Gasteiger partial charge is 0.497 e. The van der Waals surface area contributed by atoms with Crippen LogP contribution in [-0.2, 0) is 19.9 Å². The Morgan fingerprint density at radius 1 is 1.29 bits per heavy atom. The predicted molar refractivity (Wildman–Crippen MR) is 162 cm³/mol. The second-order valence-corrected chi connectivity index (χ2v) is 16.8. The fourth-order valence-electron chi connectivity index (χ4n) is 7.57. The Balaban J connectivity index is 1.63. The van der Waals surface area contributed by atoms with Crippen molar-refractivity contribution in [1.29, 1.82) is 0 Å². The molecule has 3 heterocycles. The second-order valence-electron chi connectivity index (χ2n) is 12.1. The highest BCUT2D eigenvalue weighted by molar-refractivity contribution is 6.91. The van der Waals surface area contributed by atoms with Gasteiger partial charge in [-0.3, -0.25) is 19.7 Å². The Kier molecular flexibility index (Phi) is 8.03. The summed E-state index contributed by atoms with van der Waals surface area (Å²) < 4.78 is 12.3. The van der Waals surface area contributed by atoms with Crippen molar-refractivity contribution in [3.8, 4) is 5.75 Å². The summed E-state index contributed by atoms with van der Waals surface area (Å²) in [7, 11) is -0.869. The molecule has 1 N–H and O–H groups in total. The lowest BCUT2D eigenvalue weighted by Crippen LogP contribution is -2.52. The van der Waals surface area contributed by atoms with Crippen LogP contribution in [0.5, 0.6) is 5.75 Å². The van der Waals surface area contributed by atoms with Crippen molar-refractivity contribution >= 4 is 36.4 Å². The van der Waals surface area contributed by atoms with Crippen LogP contribution in [0, 0.1) is 16.0 Å². The number of non-ortho nitro benzene ring substituents is 1. The summed E-state index contributed by atoms with van der Waals surface area (Å²) in [6, 6.07) is 12.2. The van der Waals surface area contributed by atoms with E-state index >= 15 is 0 Å². The summed E-state index contributed by atoms with van der Waals surface area (Å²) >= 11 is 0. The average molecular weight is 594 g/mol. The highest BCUT2D eigenvalue weighted by atomic mass is 28.3.